The molecule has 1 unspecified atom stereocenters. The van der Waals surface area contributed by atoms with Gasteiger partial charge in [-0.1, -0.05) is 83.7 Å². The number of rotatable bonds is 8. The number of hydrogen-bond donors (Lipinski definition) is 1. The largest absolute Gasteiger partial charge is 0.235 e. The molecule has 0 aliphatic heterocycles. The highest BCUT2D eigenvalue weighted by atomic mass is 35.5. The molecule has 0 spiro atoms. The summed E-state index contributed by atoms with van der Waals surface area (Å²) in [6.07, 6.45) is 6.17. The first-order valence-electron chi connectivity index (χ1n) is 13.3. The molecule has 3 aromatic carbocycles. The summed E-state index contributed by atoms with van der Waals surface area (Å²) in [5, 5.41) is 7.85. The first-order valence-corrected chi connectivity index (χ1v) is 16.0. The second kappa shape index (κ2) is 12.5. The van der Waals surface area contributed by atoms with Gasteiger partial charge in [0.1, 0.15) is 0 Å². The first-order chi connectivity index (χ1) is 19.2. The molecule has 1 aliphatic rings. The molecule has 4 aromatic rings. The smallest absolute Gasteiger partial charge is 0.234 e. The van der Waals surface area contributed by atoms with E-state index in [1.54, 1.807) is 18.2 Å². The molecule has 5 nitrogen and oxygen atoms in total. The number of nitrogens with zero attached hydrogens (tertiary/aromatic N) is 2. The number of sulfonamides is 1. The minimum Gasteiger partial charge on any atom is -0.235 e. The number of fused-ring (bicyclic) bond motifs is 1. The Kier molecular flexibility index (Phi) is 9.03. The van der Waals surface area contributed by atoms with Gasteiger partial charge in [0.15, 0.2) is 0 Å². The van der Waals surface area contributed by atoms with Gasteiger partial charge in [-0.3, -0.25) is 0 Å². The molecule has 0 radical (unpaired) electrons. The van der Waals surface area contributed by atoms with Crippen molar-refractivity contribution in [3.8, 4) is 5.69 Å². The minimum atomic E-state index is -3.74. The highest BCUT2D eigenvalue weighted by Gasteiger charge is 2.28. The van der Waals surface area contributed by atoms with Crippen LogP contribution in [0.25, 0.3) is 11.8 Å². The SMILES string of the molecule is C[C@H](NS(=O)(=O)C=Cc1nn(-c2ccc(Cl)cc2Cl)c2c1CCCCC2Cc1cccc(Cl)c1)c1ccccc1. The number of halogens is 3. The van der Waals surface area contributed by atoms with Gasteiger partial charge in [-0.2, -0.15) is 5.10 Å². The molecule has 1 aliphatic carbocycles. The molecule has 1 aromatic heterocycles. The van der Waals surface area contributed by atoms with Crippen LogP contribution in [0.5, 0.6) is 0 Å². The third-order valence-corrected chi connectivity index (χ3v) is 9.17. The third-order valence-electron chi connectivity index (χ3n) is 7.23. The van der Waals surface area contributed by atoms with Gasteiger partial charge in [-0.15, -0.1) is 0 Å². The molecule has 1 heterocycles. The number of aromatic nitrogens is 2. The van der Waals surface area contributed by atoms with Gasteiger partial charge >= 0.3 is 0 Å². The lowest BCUT2D eigenvalue weighted by Crippen LogP contribution is -2.24. The molecule has 208 valence electrons. The average Bonchev–Trinajstić information content (AvgIpc) is 3.14. The van der Waals surface area contributed by atoms with Gasteiger partial charge in [0.05, 0.1) is 22.1 Å². The molecule has 0 saturated carbocycles. The maximum Gasteiger partial charge on any atom is 0.234 e. The van der Waals surface area contributed by atoms with Gasteiger partial charge in [0.25, 0.3) is 0 Å². The summed E-state index contributed by atoms with van der Waals surface area (Å²) < 4.78 is 30.7. The number of nitrogens with one attached hydrogen (secondary N) is 1. The van der Waals surface area contributed by atoms with Crippen molar-refractivity contribution < 1.29 is 8.42 Å². The van der Waals surface area contributed by atoms with E-state index in [2.05, 4.69) is 10.8 Å². The monoisotopic (exact) mass is 613 g/mol. The van der Waals surface area contributed by atoms with Crippen LogP contribution in [0.15, 0.2) is 78.2 Å². The predicted octanol–water partition coefficient (Wildman–Crippen LogP) is 8.54. The van der Waals surface area contributed by atoms with Crippen molar-refractivity contribution >= 4 is 50.9 Å². The summed E-state index contributed by atoms with van der Waals surface area (Å²) >= 11 is 19.2. The fourth-order valence-electron chi connectivity index (χ4n) is 5.35. The lowest BCUT2D eigenvalue weighted by molar-refractivity contribution is 0.564. The number of benzene rings is 3. The van der Waals surface area contributed by atoms with E-state index in [0.717, 1.165) is 54.5 Å². The fraction of sp³-hybridized carbons (Fsp3) is 0.258. The van der Waals surface area contributed by atoms with Crippen molar-refractivity contribution in [3.63, 3.8) is 0 Å². The average molecular weight is 615 g/mol. The maximum atomic E-state index is 13.0. The Morgan fingerprint density at radius 3 is 2.52 bits per heavy atom. The highest BCUT2D eigenvalue weighted by molar-refractivity contribution is 7.92. The molecule has 40 heavy (non-hydrogen) atoms. The lowest BCUT2D eigenvalue weighted by atomic mass is 9.91. The van der Waals surface area contributed by atoms with Crippen molar-refractivity contribution in [3.05, 3.63) is 121 Å². The first kappa shape index (κ1) is 28.9. The van der Waals surface area contributed by atoms with Crippen molar-refractivity contribution in [1.29, 1.82) is 0 Å². The van der Waals surface area contributed by atoms with Crippen LogP contribution < -0.4 is 4.72 Å². The van der Waals surface area contributed by atoms with E-state index in [1.807, 2.05) is 66.2 Å². The summed E-state index contributed by atoms with van der Waals surface area (Å²) in [5.74, 6) is 0.144. The third kappa shape index (κ3) is 6.81. The van der Waals surface area contributed by atoms with Crippen LogP contribution in [0.4, 0.5) is 0 Å². The van der Waals surface area contributed by atoms with E-state index in [9.17, 15) is 8.42 Å². The zero-order valence-electron chi connectivity index (χ0n) is 22.0. The molecule has 0 bridgehead atoms. The Balaban J connectivity index is 1.55. The molecule has 5 rings (SSSR count). The van der Waals surface area contributed by atoms with E-state index in [-0.39, 0.29) is 12.0 Å². The van der Waals surface area contributed by atoms with Gasteiger partial charge in [-0.05, 0) is 80.1 Å². The zero-order valence-corrected chi connectivity index (χ0v) is 25.1. The molecular formula is C31H30Cl3N3O2S. The Bertz CT molecular complexity index is 1640. The maximum absolute atomic E-state index is 13.0. The van der Waals surface area contributed by atoms with Crippen molar-refractivity contribution in [1.82, 2.24) is 14.5 Å². The van der Waals surface area contributed by atoms with E-state index in [0.29, 0.717) is 26.4 Å². The van der Waals surface area contributed by atoms with Gasteiger partial charge in [0.2, 0.25) is 10.0 Å². The normalized spacial score (nSPS) is 16.6. The van der Waals surface area contributed by atoms with Crippen LogP contribution in [0, 0.1) is 0 Å². The summed E-state index contributed by atoms with van der Waals surface area (Å²) in [6, 6.07) is 22.4. The van der Waals surface area contributed by atoms with Crippen molar-refractivity contribution in [2.75, 3.05) is 0 Å². The Morgan fingerprint density at radius 2 is 1.77 bits per heavy atom. The van der Waals surface area contributed by atoms with Gasteiger partial charge in [0, 0.05) is 33.0 Å². The van der Waals surface area contributed by atoms with Crippen LogP contribution in [0.3, 0.4) is 0 Å². The minimum absolute atomic E-state index is 0.144. The molecule has 0 amide bonds. The molecule has 0 fully saturated rings. The van der Waals surface area contributed by atoms with Gasteiger partial charge in [-0.25, -0.2) is 17.8 Å². The second-order valence-electron chi connectivity index (χ2n) is 10.1. The fourth-order valence-corrected chi connectivity index (χ4v) is 7.07. The molecule has 9 heteroatoms. The molecule has 0 saturated heterocycles. The van der Waals surface area contributed by atoms with Crippen LogP contribution in [0.2, 0.25) is 15.1 Å². The highest BCUT2D eigenvalue weighted by Crippen LogP contribution is 2.38. The summed E-state index contributed by atoms with van der Waals surface area (Å²) in [5.41, 5.74) is 5.44. The quantitative estimate of drug-likeness (QED) is 0.202. The van der Waals surface area contributed by atoms with Crippen LogP contribution in [-0.4, -0.2) is 18.2 Å². The van der Waals surface area contributed by atoms with Crippen LogP contribution in [-0.2, 0) is 22.9 Å². The Morgan fingerprint density at radius 1 is 1.00 bits per heavy atom. The number of hydrogen-bond acceptors (Lipinski definition) is 3. The van der Waals surface area contributed by atoms with Crippen LogP contribution in [0.1, 0.15) is 66.2 Å². The zero-order chi connectivity index (χ0) is 28.3. The Hall–Kier alpha value is -2.61. The second-order valence-corrected chi connectivity index (χ2v) is 13.0. The lowest BCUT2D eigenvalue weighted by Gasteiger charge is -2.19. The van der Waals surface area contributed by atoms with Crippen LogP contribution >= 0.6 is 34.8 Å². The van der Waals surface area contributed by atoms with E-state index < -0.39 is 10.0 Å². The predicted molar refractivity (Wildman–Crippen MR) is 165 cm³/mol. The Labute approximate surface area is 250 Å². The van der Waals surface area contributed by atoms with E-state index in [1.165, 1.54) is 5.41 Å². The summed E-state index contributed by atoms with van der Waals surface area (Å²) in [7, 11) is -3.74. The topological polar surface area (TPSA) is 64.0 Å². The standard InChI is InChI=1S/C31H30Cl3N3O2S/c1-21(23-9-3-2-4-10-23)36-40(38,39)17-16-29-27-13-6-5-11-24(18-22-8-7-12-25(32)19-22)31(27)37(35-29)30-15-14-26(33)20-28(30)34/h2-4,7-10,12,14-17,19-21,24,36H,5-6,11,13,18H2,1H3/t21-,24?/m0/s1. The summed E-state index contributed by atoms with van der Waals surface area (Å²) in [6.45, 7) is 1.82. The van der Waals surface area contributed by atoms with Crippen molar-refractivity contribution in [2.24, 2.45) is 0 Å². The van der Waals surface area contributed by atoms with Gasteiger partial charge < -0.3 is 0 Å². The van der Waals surface area contributed by atoms with E-state index >= 15 is 0 Å². The molecular weight excluding hydrogens is 585 g/mol. The summed E-state index contributed by atoms with van der Waals surface area (Å²) in [4.78, 5) is 0. The van der Waals surface area contributed by atoms with E-state index in [4.69, 9.17) is 39.9 Å². The molecule has 1 N–H and O–H groups in total. The molecule has 2 atom stereocenters. The van der Waals surface area contributed by atoms with Crippen molar-refractivity contribution in [2.45, 2.75) is 51.0 Å².